The van der Waals surface area contributed by atoms with E-state index >= 15 is 0 Å². The second-order valence-electron chi connectivity index (χ2n) is 7.68. The van der Waals surface area contributed by atoms with E-state index in [9.17, 15) is 4.79 Å². The minimum Gasteiger partial charge on any atom is -0.497 e. The van der Waals surface area contributed by atoms with Gasteiger partial charge in [0.2, 0.25) is 5.91 Å². The van der Waals surface area contributed by atoms with E-state index in [1.165, 1.54) is 12.0 Å². The summed E-state index contributed by atoms with van der Waals surface area (Å²) in [5.41, 5.74) is 2.15. The largest absolute Gasteiger partial charge is 0.497 e. The minimum absolute atomic E-state index is 0.217. The third-order valence-corrected chi connectivity index (χ3v) is 5.73. The zero-order valence-electron chi connectivity index (χ0n) is 15.9. The van der Waals surface area contributed by atoms with Crippen molar-refractivity contribution < 1.29 is 9.53 Å². The number of rotatable bonds is 5. The maximum absolute atomic E-state index is 12.9. The maximum Gasteiger partial charge on any atom is 0.228 e. The van der Waals surface area contributed by atoms with Crippen molar-refractivity contribution in [1.29, 1.82) is 0 Å². The van der Waals surface area contributed by atoms with Crippen molar-refractivity contribution in [3.05, 3.63) is 59.9 Å². The van der Waals surface area contributed by atoms with Crippen molar-refractivity contribution in [1.82, 2.24) is 14.8 Å². The number of methoxy groups -OCH3 is 1. The molecule has 5 heteroatoms. The summed E-state index contributed by atoms with van der Waals surface area (Å²) in [5.74, 6) is 1.67. The highest BCUT2D eigenvalue weighted by atomic mass is 16.5. The molecule has 142 valence electrons. The first-order valence-corrected chi connectivity index (χ1v) is 9.76. The van der Waals surface area contributed by atoms with Crippen molar-refractivity contribution in [2.45, 2.75) is 31.8 Å². The molecule has 3 saturated heterocycles. The highest BCUT2D eigenvalue weighted by molar-refractivity contribution is 5.78. The molecule has 1 amide bonds. The van der Waals surface area contributed by atoms with E-state index < -0.39 is 0 Å². The topological polar surface area (TPSA) is 45.7 Å². The van der Waals surface area contributed by atoms with Crippen LogP contribution in [0.5, 0.6) is 5.75 Å². The number of hydrogen-bond acceptors (Lipinski definition) is 4. The van der Waals surface area contributed by atoms with Crippen LogP contribution in [0.3, 0.4) is 0 Å². The van der Waals surface area contributed by atoms with Crippen LogP contribution >= 0.6 is 0 Å². The third kappa shape index (κ3) is 4.30. The molecule has 0 saturated carbocycles. The second kappa shape index (κ2) is 8.09. The summed E-state index contributed by atoms with van der Waals surface area (Å²) < 4.78 is 5.25. The lowest BCUT2D eigenvalue weighted by molar-refractivity contribution is -0.134. The van der Waals surface area contributed by atoms with Gasteiger partial charge in [-0.3, -0.25) is 14.7 Å². The van der Waals surface area contributed by atoms with Gasteiger partial charge in [-0.25, -0.2) is 0 Å². The van der Waals surface area contributed by atoms with E-state index in [1.807, 2.05) is 30.3 Å². The van der Waals surface area contributed by atoms with Crippen LogP contribution in [0.1, 0.15) is 24.1 Å². The number of hydrogen-bond donors (Lipinski definition) is 0. The smallest absolute Gasteiger partial charge is 0.228 e. The molecule has 2 bridgehead atoms. The lowest BCUT2D eigenvalue weighted by Gasteiger charge is -2.36. The molecule has 0 unspecified atom stereocenters. The van der Waals surface area contributed by atoms with Crippen LogP contribution < -0.4 is 4.74 Å². The number of carbonyl (C=O) groups is 1. The third-order valence-electron chi connectivity index (χ3n) is 5.73. The number of pyridine rings is 1. The van der Waals surface area contributed by atoms with Crippen molar-refractivity contribution in [2.24, 2.45) is 5.92 Å². The molecule has 0 spiro atoms. The predicted octanol–water partition coefficient (Wildman–Crippen LogP) is 2.76. The van der Waals surface area contributed by atoms with Crippen molar-refractivity contribution in [3.8, 4) is 5.75 Å². The average molecular weight is 365 g/mol. The van der Waals surface area contributed by atoms with E-state index in [1.54, 1.807) is 13.3 Å². The number of carbonyl (C=O) groups excluding carboxylic acids is 1. The fraction of sp³-hybridized carbons (Fsp3) is 0.455. The summed E-state index contributed by atoms with van der Waals surface area (Å²) >= 11 is 0. The number of amides is 1. The Balaban J connectivity index is 1.41. The Kier molecular flexibility index (Phi) is 5.39. The van der Waals surface area contributed by atoms with Gasteiger partial charge in [-0.15, -0.1) is 0 Å². The molecule has 1 aromatic carbocycles. The number of piperidine rings is 1. The molecule has 27 heavy (non-hydrogen) atoms. The first-order chi connectivity index (χ1) is 13.2. The first-order valence-electron chi connectivity index (χ1n) is 9.76. The number of nitrogens with zero attached hydrogens (tertiary/aromatic N) is 3. The zero-order chi connectivity index (χ0) is 18.6. The molecule has 1 aromatic heterocycles. The lowest BCUT2D eigenvalue weighted by atomic mass is 9.94. The summed E-state index contributed by atoms with van der Waals surface area (Å²) in [5, 5.41) is 0. The molecule has 5 rings (SSSR count). The molecular formula is C22H27N3O2. The van der Waals surface area contributed by atoms with Crippen LogP contribution in [-0.2, 0) is 17.8 Å². The zero-order valence-corrected chi connectivity index (χ0v) is 15.9. The van der Waals surface area contributed by atoms with Gasteiger partial charge in [0.15, 0.2) is 0 Å². The Morgan fingerprint density at radius 3 is 2.70 bits per heavy atom. The van der Waals surface area contributed by atoms with Crippen molar-refractivity contribution in [2.75, 3.05) is 26.7 Å². The van der Waals surface area contributed by atoms with E-state index in [0.29, 0.717) is 18.4 Å². The van der Waals surface area contributed by atoms with E-state index in [4.69, 9.17) is 4.74 Å². The minimum atomic E-state index is 0.217. The Bertz CT molecular complexity index is 763. The number of fused-ring (bicyclic) bond motifs is 4. The van der Waals surface area contributed by atoms with E-state index in [2.05, 4.69) is 26.9 Å². The highest BCUT2D eigenvalue weighted by Gasteiger charge is 2.36. The van der Waals surface area contributed by atoms with Gasteiger partial charge in [0, 0.05) is 44.1 Å². The molecular weight excluding hydrogens is 338 g/mol. The quantitative estimate of drug-likeness (QED) is 0.817. The van der Waals surface area contributed by atoms with Gasteiger partial charge >= 0.3 is 0 Å². The van der Waals surface area contributed by atoms with Gasteiger partial charge < -0.3 is 9.64 Å². The van der Waals surface area contributed by atoms with Gasteiger partial charge in [0.05, 0.1) is 13.5 Å². The van der Waals surface area contributed by atoms with Crippen LogP contribution in [0.2, 0.25) is 0 Å². The summed E-state index contributed by atoms with van der Waals surface area (Å²) in [6.45, 7) is 3.83. The van der Waals surface area contributed by atoms with Crippen molar-refractivity contribution >= 4 is 5.91 Å². The van der Waals surface area contributed by atoms with Crippen LogP contribution in [0, 0.1) is 5.92 Å². The van der Waals surface area contributed by atoms with Gasteiger partial charge in [-0.1, -0.05) is 18.2 Å². The lowest BCUT2D eigenvalue weighted by Crippen LogP contribution is -2.48. The maximum atomic E-state index is 12.9. The molecule has 3 aliphatic heterocycles. The predicted molar refractivity (Wildman–Crippen MR) is 104 cm³/mol. The second-order valence-corrected chi connectivity index (χ2v) is 7.68. The highest BCUT2D eigenvalue weighted by Crippen LogP contribution is 2.29. The number of benzene rings is 1. The monoisotopic (exact) mass is 365 g/mol. The van der Waals surface area contributed by atoms with Gasteiger partial charge in [-0.2, -0.15) is 0 Å². The first kappa shape index (κ1) is 18.0. The van der Waals surface area contributed by atoms with Gasteiger partial charge in [-0.05, 0) is 48.6 Å². The fourth-order valence-electron chi connectivity index (χ4n) is 4.36. The molecule has 5 nitrogen and oxygen atoms in total. The molecule has 3 fully saturated rings. The normalized spacial score (nSPS) is 22.5. The Labute approximate surface area is 161 Å². The van der Waals surface area contributed by atoms with Gasteiger partial charge in [0.1, 0.15) is 5.75 Å². The molecule has 2 atom stereocenters. The summed E-state index contributed by atoms with van der Waals surface area (Å²) in [4.78, 5) is 21.8. The SMILES string of the molecule is COc1ccc(CN2C[C@H]3CC[C@@H](C2)N(C(=O)Cc2ccccn2)C3)cc1. The average Bonchev–Trinajstić information content (AvgIpc) is 3.00. The van der Waals surface area contributed by atoms with Gasteiger partial charge in [0.25, 0.3) is 0 Å². The Hall–Kier alpha value is -2.40. The summed E-state index contributed by atoms with van der Waals surface area (Å²) in [6.07, 6.45) is 4.49. The number of ether oxygens (including phenoxy) is 1. The van der Waals surface area contributed by atoms with Crippen LogP contribution in [0.15, 0.2) is 48.7 Å². The Morgan fingerprint density at radius 1 is 1.11 bits per heavy atom. The summed E-state index contributed by atoms with van der Waals surface area (Å²) in [6, 6.07) is 14.4. The molecule has 0 N–H and O–H groups in total. The van der Waals surface area contributed by atoms with Crippen LogP contribution in [-0.4, -0.2) is 53.5 Å². The Morgan fingerprint density at radius 2 is 1.96 bits per heavy atom. The van der Waals surface area contributed by atoms with Crippen molar-refractivity contribution in [3.63, 3.8) is 0 Å². The van der Waals surface area contributed by atoms with E-state index in [0.717, 1.165) is 44.0 Å². The van der Waals surface area contributed by atoms with Crippen LogP contribution in [0.4, 0.5) is 0 Å². The molecule has 0 aliphatic carbocycles. The van der Waals surface area contributed by atoms with E-state index in [-0.39, 0.29) is 5.91 Å². The standard InChI is InChI=1S/C22H27N3O2/c1-27-21-9-6-17(7-10-21)13-24-14-18-5-8-20(16-24)25(15-18)22(26)12-19-4-2-3-11-23-19/h2-4,6-7,9-11,18,20H,5,8,12-16H2,1H3/t18-,20+/m1/s1. The fourth-order valence-corrected chi connectivity index (χ4v) is 4.36. The van der Waals surface area contributed by atoms with Crippen LogP contribution in [0.25, 0.3) is 0 Å². The number of aromatic nitrogens is 1. The summed E-state index contributed by atoms with van der Waals surface area (Å²) in [7, 11) is 1.69. The molecule has 4 heterocycles. The molecule has 0 radical (unpaired) electrons. The molecule has 3 aliphatic rings. The molecule has 2 aromatic rings.